The maximum Gasteiger partial charge on any atom is 0.0691 e. The van der Waals surface area contributed by atoms with Gasteiger partial charge in [-0.05, 0) is 12.1 Å². The maximum atomic E-state index is 3.37. The summed E-state index contributed by atoms with van der Waals surface area (Å²) in [5.41, 5.74) is 2.60. The van der Waals surface area contributed by atoms with Gasteiger partial charge in [-0.3, -0.25) is 0 Å². The van der Waals surface area contributed by atoms with Crippen molar-refractivity contribution >= 4 is 29.0 Å². The van der Waals surface area contributed by atoms with Gasteiger partial charge in [-0.25, -0.2) is 0 Å². The number of benzene rings is 1. The van der Waals surface area contributed by atoms with Gasteiger partial charge >= 0.3 is 0 Å². The topological polar surface area (TPSA) is 31.1 Å². The van der Waals surface area contributed by atoms with Crippen LogP contribution in [0.15, 0.2) is 30.5 Å². The zero-order valence-electron chi connectivity index (χ0n) is 9.07. The zero-order chi connectivity index (χ0) is 10.1. The minimum absolute atomic E-state index is 0. The molecule has 0 aliphatic carbocycles. The Labute approximate surface area is 101 Å². The molecule has 0 unspecified atom stereocenters. The summed E-state index contributed by atoms with van der Waals surface area (Å²) >= 11 is 0. The fraction of sp³-hybridized carbons (Fsp3) is 0.333. The zero-order valence-corrected chi connectivity index (χ0v) is 9.89. The molecule has 1 aromatic heterocycles. The number of halogens is 1. The highest BCUT2D eigenvalue weighted by Gasteiger charge is 2.12. The van der Waals surface area contributed by atoms with E-state index < -0.39 is 0 Å². The molecular weight excluding hydrogens is 222 g/mol. The first-order valence-electron chi connectivity index (χ1n) is 5.47. The van der Waals surface area contributed by atoms with Crippen molar-refractivity contribution in [2.45, 2.75) is 0 Å². The van der Waals surface area contributed by atoms with Gasteiger partial charge in [0.05, 0.1) is 11.2 Å². The summed E-state index contributed by atoms with van der Waals surface area (Å²) in [7, 11) is 0. The van der Waals surface area contributed by atoms with E-state index in [0.29, 0.717) is 0 Å². The third-order valence-electron chi connectivity index (χ3n) is 3.02. The van der Waals surface area contributed by atoms with Crippen LogP contribution in [-0.2, 0) is 0 Å². The predicted molar refractivity (Wildman–Crippen MR) is 70.6 cm³/mol. The normalized spacial score (nSPS) is 16.1. The number of piperazine rings is 1. The minimum Gasteiger partial charge on any atom is -0.367 e. The SMILES string of the molecule is Cl.c1cc(N2CCNCC2)c2[nH]ccc2c1. The van der Waals surface area contributed by atoms with Crippen LogP contribution in [0.4, 0.5) is 5.69 Å². The minimum atomic E-state index is 0. The van der Waals surface area contributed by atoms with E-state index in [-0.39, 0.29) is 12.4 Å². The maximum absolute atomic E-state index is 3.37. The number of rotatable bonds is 1. The van der Waals surface area contributed by atoms with Gasteiger partial charge in [0, 0.05) is 37.8 Å². The molecule has 0 radical (unpaired) electrons. The van der Waals surface area contributed by atoms with Gasteiger partial charge in [0.15, 0.2) is 0 Å². The molecule has 86 valence electrons. The summed E-state index contributed by atoms with van der Waals surface area (Å²) in [5, 5.41) is 4.67. The number of aromatic nitrogens is 1. The van der Waals surface area contributed by atoms with Crippen LogP contribution >= 0.6 is 12.4 Å². The molecule has 0 bridgehead atoms. The Bertz CT molecular complexity index is 460. The van der Waals surface area contributed by atoms with Crippen LogP contribution in [0, 0.1) is 0 Å². The Morgan fingerprint density at radius 3 is 2.69 bits per heavy atom. The van der Waals surface area contributed by atoms with Gasteiger partial charge in [-0.2, -0.15) is 0 Å². The van der Waals surface area contributed by atoms with Gasteiger partial charge in [-0.1, -0.05) is 12.1 Å². The van der Waals surface area contributed by atoms with Crippen LogP contribution in [0.3, 0.4) is 0 Å². The second-order valence-corrected chi connectivity index (χ2v) is 3.96. The van der Waals surface area contributed by atoms with E-state index in [9.17, 15) is 0 Å². The van der Waals surface area contributed by atoms with Crippen LogP contribution in [-0.4, -0.2) is 31.2 Å². The van der Waals surface area contributed by atoms with Gasteiger partial charge in [-0.15, -0.1) is 12.4 Å². The average molecular weight is 238 g/mol. The fourth-order valence-electron chi connectivity index (χ4n) is 2.24. The molecule has 2 N–H and O–H groups in total. The predicted octanol–water partition coefficient (Wildman–Crippen LogP) is 2.00. The quantitative estimate of drug-likeness (QED) is 0.795. The van der Waals surface area contributed by atoms with Crippen LogP contribution in [0.1, 0.15) is 0 Å². The molecule has 1 fully saturated rings. The van der Waals surface area contributed by atoms with Crippen molar-refractivity contribution in [1.29, 1.82) is 0 Å². The van der Waals surface area contributed by atoms with Crippen molar-refractivity contribution in [2.75, 3.05) is 31.1 Å². The van der Waals surface area contributed by atoms with E-state index in [2.05, 4.69) is 39.5 Å². The Morgan fingerprint density at radius 1 is 1.06 bits per heavy atom. The van der Waals surface area contributed by atoms with Crippen LogP contribution in [0.5, 0.6) is 0 Å². The second kappa shape index (κ2) is 4.76. The number of fused-ring (bicyclic) bond motifs is 1. The van der Waals surface area contributed by atoms with Crippen molar-refractivity contribution < 1.29 is 0 Å². The largest absolute Gasteiger partial charge is 0.367 e. The van der Waals surface area contributed by atoms with Crippen LogP contribution in [0.25, 0.3) is 10.9 Å². The van der Waals surface area contributed by atoms with E-state index in [1.54, 1.807) is 0 Å². The lowest BCUT2D eigenvalue weighted by molar-refractivity contribution is 0.590. The molecule has 2 heterocycles. The van der Waals surface area contributed by atoms with Crippen LogP contribution in [0.2, 0.25) is 0 Å². The van der Waals surface area contributed by atoms with Gasteiger partial charge in [0.25, 0.3) is 0 Å². The van der Waals surface area contributed by atoms with Crippen LogP contribution < -0.4 is 10.2 Å². The molecule has 4 heteroatoms. The number of nitrogens with one attached hydrogen (secondary N) is 2. The number of nitrogens with zero attached hydrogens (tertiary/aromatic N) is 1. The highest BCUT2D eigenvalue weighted by atomic mass is 35.5. The lowest BCUT2D eigenvalue weighted by Gasteiger charge is -2.29. The number of H-pyrrole nitrogens is 1. The molecular formula is C12H16ClN3. The molecule has 0 amide bonds. The fourth-order valence-corrected chi connectivity index (χ4v) is 2.24. The smallest absolute Gasteiger partial charge is 0.0691 e. The lowest BCUT2D eigenvalue weighted by Crippen LogP contribution is -2.43. The van der Waals surface area contributed by atoms with E-state index in [1.165, 1.54) is 16.6 Å². The van der Waals surface area contributed by atoms with E-state index in [4.69, 9.17) is 0 Å². The first-order chi connectivity index (χ1) is 7.45. The van der Waals surface area contributed by atoms with E-state index in [0.717, 1.165) is 26.2 Å². The number of anilines is 1. The summed E-state index contributed by atoms with van der Waals surface area (Å²) in [6.07, 6.45) is 2.01. The summed E-state index contributed by atoms with van der Waals surface area (Å²) in [4.78, 5) is 5.76. The monoisotopic (exact) mass is 237 g/mol. The van der Waals surface area contributed by atoms with Gasteiger partial charge in [0.2, 0.25) is 0 Å². The molecule has 1 aromatic carbocycles. The van der Waals surface area contributed by atoms with Gasteiger partial charge in [0.1, 0.15) is 0 Å². The first kappa shape index (κ1) is 11.3. The van der Waals surface area contributed by atoms with Crippen molar-refractivity contribution in [3.8, 4) is 0 Å². The van der Waals surface area contributed by atoms with Crippen molar-refractivity contribution in [3.63, 3.8) is 0 Å². The van der Waals surface area contributed by atoms with E-state index >= 15 is 0 Å². The third-order valence-corrected chi connectivity index (χ3v) is 3.02. The molecule has 0 saturated carbocycles. The number of aromatic amines is 1. The average Bonchev–Trinajstić information content (AvgIpc) is 2.78. The number of para-hydroxylation sites is 1. The van der Waals surface area contributed by atoms with Crippen molar-refractivity contribution in [1.82, 2.24) is 10.3 Å². The molecule has 1 saturated heterocycles. The summed E-state index contributed by atoms with van der Waals surface area (Å²) in [6, 6.07) is 8.61. The molecule has 3 nitrogen and oxygen atoms in total. The second-order valence-electron chi connectivity index (χ2n) is 3.96. The lowest BCUT2D eigenvalue weighted by atomic mass is 10.2. The Hall–Kier alpha value is -1.19. The van der Waals surface area contributed by atoms with Gasteiger partial charge < -0.3 is 15.2 Å². The summed E-state index contributed by atoms with van der Waals surface area (Å²) in [6.45, 7) is 4.35. The summed E-state index contributed by atoms with van der Waals surface area (Å²) < 4.78 is 0. The number of hydrogen-bond donors (Lipinski definition) is 2. The van der Waals surface area contributed by atoms with Crippen molar-refractivity contribution in [3.05, 3.63) is 30.5 Å². The third kappa shape index (κ3) is 1.88. The highest BCUT2D eigenvalue weighted by molar-refractivity contribution is 5.91. The molecule has 0 spiro atoms. The van der Waals surface area contributed by atoms with E-state index in [1.807, 2.05) is 6.20 Å². The molecule has 1 aliphatic rings. The summed E-state index contributed by atoms with van der Waals surface area (Å²) in [5.74, 6) is 0. The Balaban J connectivity index is 0.000000963. The first-order valence-corrected chi connectivity index (χ1v) is 5.47. The molecule has 16 heavy (non-hydrogen) atoms. The molecule has 3 rings (SSSR count). The molecule has 0 atom stereocenters. The Morgan fingerprint density at radius 2 is 1.88 bits per heavy atom. The Kier molecular flexibility index (Phi) is 3.36. The highest BCUT2D eigenvalue weighted by Crippen LogP contribution is 2.25. The number of hydrogen-bond acceptors (Lipinski definition) is 2. The van der Waals surface area contributed by atoms with Crippen molar-refractivity contribution in [2.24, 2.45) is 0 Å². The molecule has 2 aromatic rings. The molecule has 1 aliphatic heterocycles. The standard InChI is InChI=1S/C12H15N3.ClH/c1-2-10-4-5-14-12(10)11(3-1)15-8-6-13-7-9-15;/h1-5,13-14H,6-9H2;1H.